The van der Waals surface area contributed by atoms with E-state index in [1.165, 1.54) is 0 Å². The van der Waals surface area contributed by atoms with Crippen LogP contribution in [0.4, 0.5) is 0 Å². The van der Waals surface area contributed by atoms with Crippen LogP contribution in [0, 0.1) is 0 Å². The molecule has 1 aromatic rings. The van der Waals surface area contributed by atoms with Crippen molar-refractivity contribution in [2.75, 3.05) is 6.61 Å². The Balaban J connectivity index is 2.76. The normalized spacial score (nSPS) is 12.2. The number of nitrogens with two attached hydrogens (primary N) is 1. The molecule has 0 saturated heterocycles. The summed E-state index contributed by atoms with van der Waals surface area (Å²) in [5.74, 6) is -0.342. The summed E-state index contributed by atoms with van der Waals surface area (Å²) < 4.78 is 4.81. The smallest absolute Gasteiger partial charge is 0.307 e. The first-order chi connectivity index (χ1) is 7.54. The summed E-state index contributed by atoms with van der Waals surface area (Å²) in [5, 5.41) is 1.04. The third-order valence-electron chi connectivity index (χ3n) is 2.05. The lowest BCUT2D eigenvalue weighted by molar-refractivity contribution is -0.143. The fourth-order valence-corrected chi connectivity index (χ4v) is 1.75. The molecule has 1 aromatic carbocycles. The summed E-state index contributed by atoms with van der Waals surface area (Å²) in [6, 6.07) is 4.49. The molecule has 0 spiro atoms. The third-order valence-corrected chi connectivity index (χ3v) is 2.63. The van der Waals surface area contributed by atoms with Crippen LogP contribution in [-0.4, -0.2) is 12.6 Å². The monoisotopic (exact) mass is 261 g/mol. The molecule has 16 heavy (non-hydrogen) atoms. The minimum absolute atomic E-state index is 0.0912. The molecule has 0 radical (unpaired) electrons. The zero-order valence-corrected chi connectivity index (χ0v) is 10.4. The zero-order chi connectivity index (χ0) is 12.1. The van der Waals surface area contributed by atoms with Crippen LogP contribution in [0.3, 0.4) is 0 Å². The summed E-state index contributed by atoms with van der Waals surface area (Å²) in [6.45, 7) is 2.09. The second kappa shape index (κ2) is 6.09. The SMILES string of the molecule is CCOC(=O)C[C@@H](N)c1cc(Cl)ccc1Cl. The van der Waals surface area contributed by atoms with Crippen molar-refractivity contribution in [1.29, 1.82) is 0 Å². The number of carbonyl (C=O) groups is 1. The minimum Gasteiger partial charge on any atom is -0.466 e. The van der Waals surface area contributed by atoms with E-state index in [0.29, 0.717) is 22.2 Å². The largest absolute Gasteiger partial charge is 0.466 e. The zero-order valence-electron chi connectivity index (χ0n) is 8.87. The van der Waals surface area contributed by atoms with Crippen molar-refractivity contribution < 1.29 is 9.53 Å². The third kappa shape index (κ3) is 3.67. The minimum atomic E-state index is -0.495. The second-order valence-corrected chi connectivity index (χ2v) is 4.13. The van der Waals surface area contributed by atoms with Gasteiger partial charge in [-0.15, -0.1) is 0 Å². The Morgan fingerprint density at radius 1 is 1.50 bits per heavy atom. The van der Waals surface area contributed by atoms with Crippen LogP contribution in [0.1, 0.15) is 24.9 Å². The molecule has 0 saturated carbocycles. The highest BCUT2D eigenvalue weighted by molar-refractivity contribution is 6.33. The summed E-state index contributed by atoms with van der Waals surface area (Å²) in [5.41, 5.74) is 6.51. The van der Waals surface area contributed by atoms with Crippen molar-refractivity contribution >= 4 is 29.2 Å². The van der Waals surface area contributed by atoms with Gasteiger partial charge in [0.2, 0.25) is 0 Å². The number of rotatable bonds is 4. The van der Waals surface area contributed by atoms with E-state index in [1.807, 2.05) is 0 Å². The van der Waals surface area contributed by atoms with Crippen LogP contribution in [0.25, 0.3) is 0 Å². The van der Waals surface area contributed by atoms with Gasteiger partial charge in [0, 0.05) is 16.1 Å². The highest BCUT2D eigenvalue weighted by Gasteiger charge is 2.15. The van der Waals surface area contributed by atoms with Crippen LogP contribution in [0.2, 0.25) is 10.0 Å². The molecule has 0 aliphatic carbocycles. The molecule has 0 amide bonds. The molecule has 88 valence electrons. The van der Waals surface area contributed by atoms with Gasteiger partial charge in [-0.05, 0) is 30.7 Å². The fourth-order valence-electron chi connectivity index (χ4n) is 1.31. The number of carbonyl (C=O) groups excluding carboxylic acids is 1. The van der Waals surface area contributed by atoms with Gasteiger partial charge in [0.15, 0.2) is 0 Å². The highest BCUT2D eigenvalue weighted by Crippen LogP contribution is 2.26. The second-order valence-electron chi connectivity index (χ2n) is 3.28. The number of benzene rings is 1. The van der Waals surface area contributed by atoms with Crippen molar-refractivity contribution in [1.82, 2.24) is 0 Å². The van der Waals surface area contributed by atoms with Gasteiger partial charge >= 0.3 is 5.97 Å². The Bertz CT molecular complexity index is 382. The van der Waals surface area contributed by atoms with E-state index in [9.17, 15) is 4.79 Å². The molecule has 3 nitrogen and oxygen atoms in total. The number of ether oxygens (including phenoxy) is 1. The Kier molecular flexibility index (Phi) is 5.06. The Morgan fingerprint density at radius 3 is 2.81 bits per heavy atom. The van der Waals surface area contributed by atoms with Crippen molar-refractivity contribution in [3.8, 4) is 0 Å². The maximum Gasteiger partial charge on any atom is 0.307 e. The van der Waals surface area contributed by atoms with E-state index in [1.54, 1.807) is 25.1 Å². The number of halogens is 2. The van der Waals surface area contributed by atoms with E-state index in [2.05, 4.69) is 0 Å². The highest BCUT2D eigenvalue weighted by atomic mass is 35.5. The van der Waals surface area contributed by atoms with Gasteiger partial charge in [-0.3, -0.25) is 4.79 Å². The van der Waals surface area contributed by atoms with Gasteiger partial charge in [0.1, 0.15) is 0 Å². The van der Waals surface area contributed by atoms with Crippen LogP contribution in [-0.2, 0) is 9.53 Å². The first kappa shape index (κ1) is 13.3. The van der Waals surface area contributed by atoms with Crippen molar-refractivity contribution in [2.45, 2.75) is 19.4 Å². The lowest BCUT2D eigenvalue weighted by Gasteiger charge is -2.13. The first-order valence-corrected chi connectivity index (χ1v) is 5.66. The molecule has 0 aromatic heterocycles. The van der Waals surface area contributed by atoms with Gasteiger partial charge < -0.3 is 10.5 Å². The van der Waals surface area contributed by atoms with Gasteiger partial charge in [-0.1, -0.05) is 23.2 Å². The predicted octanol–water partition coefficient (Wildman–Crippen LogP) is 2.95. The van der Waals surface area contributed by atoms with Crippen molar-refractivity contribution in [3.05, 3.63) is 33.8 Å². The van der Waals surface area contributed by atoms with Crippen molar-refractivity contribution in [3.63, 3.8) is 0 Å². The van der Waals surface area contributed by atoms with Gasteiger partial charge in [-0.2, -0.15) is 0 Å². The van der Waals surface area contributed by atoms with E-state index >= 15 is 0 Å². The quantitative estimate of drug-likeness (QED) is 0.849. The van der Waals surface area contributed by atoms with Gasteiger partial charge in [0.25, 0.3) is 0 Å². The lowest BCUT2D eigenvalue weighted by Crippen LogP contribution is -2.17. The molecule has 2 N–H and O–H groups in total. The summed E-state index contributed by atoms with van der Waals surface area (Å²) in [6.07, 6.45) is 0.0912. The lowest BCUT2D eigenvalue weighted by atomic mass is 10.0. The van der Waals surface area contributed by atoms with E-state index in [-0.39, 0.29) is 12.4 Å². The average Bonchev–Trinajstić information content (AvgIpc) is 2.21. The first-order valence-electron chi connectivity index (χ1n) is 4.90. The molecular formula is C11H13Cl2NO2. The maximum absolute atomic E-state index is 11.2. The standard InChI is InChI=1S/C11H13Cl2NO2/c1-2-16-11(15)6-10(14)8-5-7(12)3-4-9(8)13/h3-5,10H,2,6,14H2,1H3/t10-/m1/s1. The predicted molar refractivity (Wildman–Crippen MR) is 64.6 cm³/mol. The van der Waals surface area contributed by atoms with Crippen LogP contribution in [0.5, 0.6) is 0 Å². The van der Waals surface area contributed by atoms with Crippen molar-refractivity contribution in [2.24, 2.45) is 5.73 Å². The molecule has 0 bridgehead atoms. The molecule has 1 rings (SSSR count). The van der Waals surface area contributed by atoms with Gasteiger partial charge in [0.05, 0.1) is 13.0 Å². The molecular weight excluding hydrogens is 249 g/mol. The van der Waals surface area contributed by atoms with Crippen LogP contribution in [0.15, 0.2) is 18.2 Å². The molecule has 0 heterocycles. The topological polar surface area (TPSA) is 52.3 Å². The number of hydrogen-bond donors (Lipinski definition) is 1. The summed E-state index contributed by atoms with van der Waals surface area (Å²) in [7, 11) is 0. The molecule has 0 unspecified atom stereocenters. The van der Waals surface area contributed by atoms with E-state index in [4.69, 9.17) is 33.7 Å². The average molecular weight is 262 g/mol. The number of hydrogen-bond acceptors (Lipinski definition) is 3. The number of esters is 1. The maximum atomic E-state index is 11.2. The molecule has 1 atom stereocenters. The Labute approximate surface area is 104 Å². The Morgan fingerprint density at radius 2 is 2.19 bits per heavy atom. The molecule has 5 heteroatoms. The van der Waals surface area contributed by atoms with Crippen LogP contribution < -0.4 is 5.73 Å². The van der Waals surface area contributed by atoms with Gasteiger partial charge in [-0.25, -0.2) is 0 Å². The summed E-state index contributed by atoms with van der Waals surface area (Å²) >= 11 is 11.8. The van der Waals surface area contributed by atoms with E-state index in [0.717, 1.165) is 0 Å². The fraction of sp³-hybridized carbons (Fsp3) is 0.364. The molecule has 0 aliphatic rings. The Hall–Kier alpha value is -0.770. The van der Waals surface area contributed by atoms with E-state index < -0.39 is 6.04 Å². The summed E-state index contributed by atoms with van der Waals surface area (Å²) in [4.78, 5) is 11.2. The molecule has 0 aliphatic heterocycles. The van der Waals surface area contributed by atoms with Crippen LogP contribution >= 0.6 is 23.2 Å². The molecule has 0 fully saturated rings.